The van der Waals surface area contributed by atoms with E-state index in [4.69, 9.17) is 4.74 Å². The number of nitrogens with zero attached hydrogens (tertiary/aromatic N) is 1. The van der Waals surface area contributed by atoms with E-state index in [1.54, 1.807) is 12.1 Å². The van der Waals surface area contributed by atoms with Crippen molar-refractivity contribution in [3.63, 3.8) is 0 Å². The fourth-order valence-electron chi connectivity index (χ4n) is 1.73. The molecule has 0 N–H and O–H groups in total. The van der Waals surface area contributed by atoms with Gasteiger partial charge in [-0.2, -0.15) is 0 Å². The fourth-order valence-corrected chi connectivity index (χ4v) is 2.71. The third-order valence-corrected chi connectivity index (χ3v) is 4.17. The summed E-state index contributed by atoms with van der Waals surface area (Å²) in [5.41, 5.74) is 1.28. The van der Waals surface area contributed by atoms with Crippen LogP contribution < -0.4 is 4.74 Å². The van der Waals surface area contributed by atoms with Gasteiger partial charge in [0.2, 0.25) is 5.88 Å². The summed E-state index contributed by atoms with van der Waals surface area (Å²) in [5, 5.41) is 0.323. The third kappa shape index (κ3) is 3.28. The quantitative estimate of drug-likeness (QED) is 0.811. The molecule has 0 aliphatic rings. The lowest BCUT2D eigenvalue weighted by Gasteiger charge is -2.08. The lowest BCUT2D eigenvalue weighted by molar-refractivity contribution is 0.0596. The number of pyridine rings is 1. The van der Waals surface area contributed by atoms with Gasteiger partial charge in [0.15, 0.2) is 0 Å². The van der Waals surface area contributed by atoms with Gasteiger partial charge in [0.25, 0.3) is 0 Å². The predicted molar refractivity (Wildman–Crippen MR) is 78.0 cm³/mol. The van der Waals surface area contributed by atoms with Crippen LogP contribution in [0, 0.1) is 6.92 Å². The molecule has 0 aliphatic heterocycles. The number of methoxy groups -OCH3 is 2. The SMILES string of the molecule is COC(=O)c1ccc(S(=O)c2ccc(C)cc2)nc1OC. The molecule has 6 heteroatoms. The minimum absolute atomic E-state index is 0.0970. The highest BCUT2D eigenvalue weighted by atomic mass is 32.2. The van der Waals surface area contributed by atoms with E-state index in [1.807, 2.05) is 19.1 Å². The van der Waals surface area contributed by atoms with Crippen LogP contribution in [-0.2, 0) is 15.5 Å². The van der Waals surface area contributed by atoms with Gasteiger partial charge in [-0.3, -0.25) is 0 Å². The Labute approximate surface area is 125 Å². The second kappa shape index (κ2) is 6.49. The Bertz CT molecular complexity index is 683. The first kappa shape index (κ1) is 15.2. The van der Waals surface area contributed by atoms with Crippen molar-refractivity contribution in [3.8, 4) is 5.88 Å². The smallest absolute Gasteiger partial charge is 0.343 e. The zero-order valence-electron chi connectivity index (χ0n) is 12.0. The molecule has 1 aromatic carbocycles. The molecule has 21 heavy (non-hydrogen) atoms. The summed E-state index contributed by atoms with van der Waals surface area (Å²) in [6.07, 6.45) is 0. The zero-order chi connectivity index (χ0) is 15.4. The Balaban J connectivity index is 2.38. The van der Waals surface area contributed by atoms with Crippen molar-refractivity contribution < 1.29 is 18.5 Å². The molecule has 0 saturated carbocycles. The molecule has 0 amide bonds. The van der Waals surface area contributed by atoms with E-state index >= 15 is 0 Å². The van der Waals surface area contributed by atoms with Crippen LogP contribution in [0.2, 0.25) is 0 Å². The van der Waals surface area contributed by atoms with Crippen LogP contribution in [0.5, 0.6) is 5.88 Å². The van der Waals surface area contributed by atoms with Crippen LogP contribution in [-0.4, -0.2) is 29.4 Å². The van der Waals surface area contributed by atoms with E-state index in [-0.39, 0.29) is 11.4 Å². The fraction of sp³-hybridized carbons (Fsp3) is 0.200. The van der Waals surface area contributed by atoms with Crippen molar-refractivity contribution >= 4 is 16.8 Å². The summed E-state index contributed by atoms with van der Waals surface area (Å²) in [6, 6.07) is 10.4. The van der Waals surface area contributed by atoms with Crippen molar-refractivity contribution in [1.29, 1.82) is 0 Å². The normalized spacial score (nSPS) is 11.8. The Morgan fingerprint density at radius 2 is 1.76 bits per heavy atom. The van der Waals surface area contributed by atoms with Crippen LogP contribution >= 0.6 is 0 Å². The van der Waals surface area contributed by atoms with Gasteiger partial charge in [-0.25, -0.2) is 14.0 Å². The van der Waals surface area contributed by atoms with E-state index in [1.165, 1.54) is 26.4 Å². The number of hydrogen-bond donors (Lipinski definition) is 0. The molecule has 5 nitrogen and oxygen atoms in total. The Hall–Kier alpha value is -2.21. The molecule has 0 bridgehead atoms. The Morgan fingerprint density at radius 3 is 2.33 bits per heavy atom. The molecule has 1 aromatic heterocycles. The number of rotatable bonds is 4. The molecule has 0 saturated heterocycles. The van der Waals surface area contributed by atoms with Crippen molar-refractivity contribution in [2.24, 2.45) is 0 Å². The second-order valence-electron chi connectivity index (χ2n) is 4.28. The standard InChI is InChI=1S/C15H15NO4S/c1-10-4-6-11(7-5-10)21(18)13-9-8-12(15(17)20-3)14(16-13)19-2/h4-9H,1-3H3. The topological polar surface area (TPSA) is 65.5 Å². The third-order valence-electron chi connectivity index (χ3n) is 2.86. The lowest BCUT2D eigenvalue weighted by atomic mass is 10.2. The van der Waals surface area contributed by atoms with Gasteiger partial charge in [0, 0.05) is 4.90 Å². The summed E-state index contributed by atoms with van der Waals surface area (Å²) in [4.78, 5) is 16.3. The van der Waals surface area contributed by atoms with E-state index in [0.717, 1.165) is 5.56 Å². The molecule has 0 fully saturated rings. The molecule has 110 valence electrons. The van der Waals surface area contributed by atoms with Crippen LogP contribution in [0.4, 0.5) is 0 Å². The number of carbonyl (C=O) groups excluding carboxylic acids is 1. The molecular formula is C15H15NO4S. The number of aromatic nitrogens is 1. The summed E-state index contributed by atoms with van der Waals surface area (Å²) in [6.45, 7) is 1.96. The molecular weight excluding hydrogens is 290 g/mol. The number of hydrogen-bond acceptors (Lipinski definition) is 5. The van der Waals surface area contributed by atoms with Crippen LogP contribution in [0.15, 0.2) is 46.3 Å². The summed E-state index contributed by atoms with van der Waals surface area (Å²) >= 11 is 0. The highest BCUT2D eigenvalue weighted by Gasteiger charge is 2.17. The van der Waals surface area contributed by atoms with Crippen molar-refractivity contribution in [3.05, 3.63) is 47.5 Å². The molecule has 1 heterocycles. The molecule has 2 aromatic rings. The first-order valence-electron chi connectivity index (χ1n) is 6.18. The predicted octanol–water partition coefficient (Wildman–Crippen LogP) is 2.35. The molecule has 0 radical (unpaired) electrons. The van der Waals surface area contributed by atoms with E-state index in [0.29, 0.717) is 9.92 Å². The first-order chi connectivity index (χ1) is 10.1. The first-order valence-corrected chi connectivity index (χ1v) is 7.33. The van der Waals surface area contributed by atoms with Crippen LogP contribution in [0.25, 0.3) is 0 Å². The van der Waals surface area contributed by atoms with Gasteiger partial charge < -0.3 is 9.47 Å². The molecule has 2 rings (SSSR count). The number of esters is 1. The highest BCUT2D eigenvalue weighted by molar-refractivity contribution is 7.85. The second-order valence-corrected chi connectivity index (χ2v) is 5.71. The van der Waals surface area contributed by atoms with Crippen molar-refractivity contribution in [2.75, 3.05) is 14.2 Å². The van der Waals surface area contributed by atoms with E-state index < -0.39 is 16.8 Å². The van der Waals surface area contributed by atoms with E-state index in [9.17, 15) is 9.00 Å². The van der Waals surface area contributed by atoms with Gasteiger partial charge in [-0.15, -0.1) is 0 Å². The Kier molecular flexibility index (Phi) is 4.70. The summed E-state index contributed by atoms with van der Waals surface area (Å²) in [7, 11) is 1.24. The molecule has 0 spiro atoms. The summed E-state index contributed by atoms with van der Waals surface area (Å²) in [5.74, 6) is -0.452. The van der Waals surface area contributed by atoms with Crippen LogP contribution in [0.3, 0.4) is 0 Å². The maximum Gasteiger partial charge on any atom is 0.343 e. The zero-order valence-corrected chi connectivity index (χ0v) is 12.8. The van der Waals surface area contributed by atoms with Crippen LogP contribution in [0.1, 0.15) is 15.9 Å². The number of ether oxygens (including phenoxy) is 2. The van der Waals surface area contributed by atoms with E-state index in [2.05, 4.69) is 9.72 Å². The van der Waals surface area contributed by atoms with Gasteiger partial charge in [0.05, 0.1) is 14.2 Å². The number of carbonyl (C=O) groups is 1. The highest BCUT2D eigenvalue weighted by Crippen LogP contribution is 2.21. The van der Waals surface area contributed by atoms with Crippen molar-refractivity contribution in [1.82, 2.24) is 4.98 Å². The van der Waals surface area contributed by atoms with Gasteiger partial charge >= 0.3 is 5.97 Å². The van der Waals surface area contributed by atoms with Gasteiger partial charge in [-0.05, 0) is 31.2 Å². The maximum absolute atomic E-state index is 12.5. The minimum Gasteiger partial charge on any atom is -0.480 e. The largest absolute Gasteiger partial charge is 0.480 e. The number of aryl methyl sites for hydroxylation is 1. The summed E-state index contributed by atoms with van der Waals surface area (Å²) < 4.78 is 22.2. The minimum atomic E-state index is -1.43. The molecule has 0 aliphatic carbocycles. The monoisotopic (exact) mass is 305 g/mol. The maximum atomic E-state index is 12.5. The average molecular weight is 305 g/mol. The van der Waals surface area contributed by atoms with Gasteiger partial charge in [-0.1, -0.05) is 17.7 Å². The molecule has 1 unspecified atom stereocenters. The Morgan fingerprint density at radius 1 is 1.10 bits per heavy atom. The average Bonchev–Trinajstić information content (AvgIpc) is 2.53. The lowest BCUT2D eigenvalue weighted by Crippen LogP contribution is -2.07. The van der Waals surface area contributed by atoms with Crippen molar-refractivity contribution in [2.45, 2.75) is 16.8 Å². The van der Waals surface area contributed by atoms with Gasteiger partial charge in [0.1, 0.15) is 21.4 Å². The molecule has 1 atom stereocenters. The number of benzene rings is 1.